The summed E-state index contributed by atoms with van der Waals surface area (Å²) in [6.45, 7) is 2.55. The third kappa shape index (κ3) is 5.26. The number of carbonyl (C=O) groups is 4. The second-order valence-electron chi connectivity index (χ2n) is 5.79. The second kappa shape index (κ2) is 8.97. The molecule has 0 spiro atoms. The molecule has 13 nitrogen and oxygen atoms in total. The molecule has 0 saturated carbocycles. The van der Waals surface area contributed by atoms with Crippen molar-refractivity contribution in [1.82, 2.24) is 0 Å². The molecular formula is C14H21O13P. The summed E-state index contributed by atoms with van der Waals surface area (Å²) in [5.41, 5.74) is -3.27. The van der Waals surface area contributed by atoms with E-state index in [0.29, 0.717) is 0 Å². The SMILES string of the molecule is CC(=O)O[C@H]1[C@H](OC(C)=O)[C@H](OC(C)=O)[C@](OC(C)=O)(P(=O)(O)O)O[C@@H]1CO. The summed E-state index contributed by atoms with van der Waals surface area (Å²) >= 11 is 0. The summed E-state index contributed by atoms with van der Waals surface area (Å²) in [6.07, 6.45) is -7.48. The molecule has 0 aliphatic carbocycles. The molecule has 28 heavy (non-hydrogen) atoms. The Balaban J connectivity index is 3.71. The average molecular weight is 428 g/mol. The van der Waals surface area contributed by atoms with Crippen molar-refractivity contribution in [3.63, 3.8) is 0 Å². The fourth-order valence-corrected chi connectivity index (χ4v) is 3.69. The van der Waals surface area contributed by atoms with Crippen LogP contribution in [0.2, 0.25) is 0 Å². The van der Waals surface area contributed by atoms with Gasteiger partial charge in [0, 0.05) is 27.7 Å². The zero-order valence-corrected chi connectivity index (χ0v) is 16.3. The van der Waals surface area contributed by atoms with Crippen LogP contribution in [0.25, 0.3) is 0 Å². The van der Waals surface area contributed by atoms with Crippen molar-refractivity contribution in [1.29, 1.82) is 0 Å². The van der Waals surface area contributed by atoms with Gasteiger partial charge in [0.05, 0.1) is 6.61 Å². The Bertz CT molecular complexity index is 685. The van der Waals surface area contributed by atoms with Gasteiger partial charge < -0.3 is 38.6 Å². The summed E-state index contributed by atoms with van der Waals surface area (Å²) in [5, 5.41) is 9.57. The van der Waals surface area contributed by atoms with E-state index in [9.17, 15) is 38.6 Å². The summed E-state index contributed by atoms with van der Waals surface area (Å²) in [6, 6.07) is 0. The number of carbonyl (C=O) groups excluding carboxylic acids is 4. The minimum Gasteiger partial charge on any atom is -0.456 e. The molecule has 0 aromatic rings. The number of hydrogen-bond acceptors (Lipinski definition) is 11. The maximum atomic E-state index is 12.2. The van der Waals surface area contributed by atoms with E-state index in [1.165, 1.54) is 0 Å². The first-order valence-electron chi connectivity index (χ1n) is 7.80. The molecule has 160 valence electrons. The molecule has 0 bridgehead atoms. The van der Waals surface area contributed by atoms with E-state index < -0.39 is 68.0 Å². The molecule has 0 aromatic carbocycles. The summed E-state index contributed by atoms with van der Waals surface area (Å²) in [4.78, 5) is 65.8. The number of aliphatic hydroxyl groups excluding tert-OH is 1. The van der Waals surface area contributed by atoms with Gasteiger partial charge >= 0.3 is 37.0 Å². The molecule has 5 atom stereocenters. The van der Waals surface area contributed by atoms with Gasteiger partial charge in [-0.15, -0.1) is 0 Å². The molecule has 1 aliphatic rings. The second-order valence-corrected chi connectivity index (χ2v) is 7.50. The molecule has 0 amide bonds. The molecule has 1 fully saturated rings. The Hall–Kier alpha value is -2.05. The first-order chi connectivity index (χ1) is 12.7. The lowest BCUT2D eigenvalue weighted by atomic mass is 9.97. The lowest BCUT2D eigenvalue weighted by Gasteiger charge is -2.49. The first-order valence-corrected chi connectivity index (χ1v) is 9.42. The van der Waals surface area contributed by atoms with Gasteiger partial charge in [0.1, 0.15) is 6.10 Å². The fraction of sp³-hybridized carbons (Fsp3) is 0.714. The summed E-state index contributed by atoms with van der Waals surface area (Å²) in [7, 11) is -5.62. The van der Waals surface area contributed by atoms with E-state index >= 15 is 0 Å². The van der Waals surface area contributed by atoms with E-state index in [1.54, 1.807) is 0 Å². The number of ether oxygens (including phenoxy) is 5. The quantitative estimate of drug-likeness (QED) is 0.253. The molecule has 1 saturated heterocycles. The summed E-state index contributed by atoms with van der Waals surface area (Å²) in [5.74, 6) is -4.30. The number of esters is 4. The lowest BCUT2D eigenvalue weighted by Crippen LogP contribution is -2.68. The normalized spacial score (nSPS) is 30.1. The highest BCUT2D eigenvalue weighted by atomic mass is 31.2. The monoisotopic (exact) mass is 428 g/mol. The Morgan fingerprint density at radius 3 is 1.71 bits per heavy atom. The van der Waals surface area contributed by atoms with Gasteiger partial charge in [-0.05, 0) is 0 Å². The molecule has 1 rings (SSSR count). The van der Waals surface area contributed by atoms with Crippen molar-refractivity contribution in [2.75, 3.05) is 6.61 Å². The van der Waals surface area contributed by atoms with Crippen molar-refractivity contribution in [3.8, 4) is 0 Å². The van der Waals surface area contributed by atoms with Gasteiger partial charge in [0.25, 0.3) is 0 Å². The van der Waals surface area contributed by atoms with Gasteiger partial charge in [-0.2, -0.15) is 0 Å². The molecule has 1 heterocycles. The lowest BCUT2D eigenvalue weighted by molar-refractivity contribution is -0.324. The Labute approximate surface area is 159 Å². The van der Waals surface area contributed by atoms with Gasteiger partial charge in [0.2, 0.25) is 6.10 Å². The third-order valence-electron chi connectivity index (χ3n) is 3.44. The maximum absolute atomic E-state index is 12.2. The van der Waals surface area contributed by atoms with E-state index in [4.69, 9.17) is 23.7 Å². The predicted octanol–water partition coefficient (Wildman–Crippen LogP) is -1.43. The van der Waals surface area contributed by atoms with Gasteiger partial charge in [0.15, 0.2) is 12.2 Å². The Morgan fingerprint density at radius 1 is 0.893 bits per heavy atom. The Morgan fingerprint density at radius 2 is 1.36 bits per heavy atom. The largest absolute Gasteiger partial charge is 0.456 e. The van der Waals surface area contributed by atoms with Crippen molar-refractivity contribution in [2.24, 2.45) is 0 Å². The minimum atomic E-state index is -5.62. The molecule has 3 N–H and O–H groups in total. The van der Waals surface area contributed by atoms with Crippen LogP contribution in [-0.2, 0) is 47.4 Å². The van der Waals surface area contributed by atoms with Crippen molar-refractivity contribution >= 4 is 31.5 Å². The van der Waals surface area contributed by atoms with E-state index in [1.807, 2.05) is 0 Å². The van der Waals surface area contributed by atoms with Gasteiger partial charge in [-0.1, -0.05) is 0 Å². The number of rotatable bonds is 6. The molecule has 14 heteroatoms. The smallest absolute Gasteiger partial charge is 0.401 e. The average Bonchev–Trinajstić information content (AvgIpc) is 2.49. The number of aliphatic hydroxyl groups is 1. The van der Waals surface area contributed by atoms with Crippen LogP contribution in [-0.4, -0.2) is 75.3 Å². The van der Waals surface area contributed by atoms with Crippen LogP contribution < -0.4 is 0 Å². The fourth-order valence-electron chi connectivity index (χ4n) is 2.64. The van der Waals surface area contributed by atoms with Crippen LogP contribution in [0, 0.1) is 0 Å². The summed E-state index contributed by atoms with van der Waals surface area (Å²) < 4.78 is 36.9. The predicted molar refractivity (Wildman–Crippen MR) is 85.2 cm³/mol. The minimum absolute atomic E-state index is 0.790. The van der Waals surface area contributed by atoms with Crippen LogP contribution >= 0.6 is 7.60 Å². The first kappa shape index (κ1) is 24.0. The molecule has 0 unspecified atom stereocenters. The van der Waals surface area contributed by atoms with Crippen molar-refractivity contribution < 1.29 is 62.3 Å². The van der Waals surface area contributed by atoms with Gasteiger partial charge in [-0.3, -0.25) is 23.7 Å². The highest BCUT2D eigenvalue weighted by Crippen LogP contribution is 2.58. The van der Waals surface area contributed by atoms with E-state index in [-0.39, 0.29) is 0 Å². The highest BCUT2D eigenvalue weighted by molar-refractivity contribution is 7.53. The standard InChI is InChI=1S/C14H21O13P/c1-6(16)23-11-10(5-15)27-14(26-9(4)19,28(20,21)22)13(25-8(3)18)12(11)24-7(2)17/h10-13,15H,5H2,1-4H3,(H2,20,21,22)/t10-,11-,12+,13+,14-/m1/s1. The van der Waals surface area contributed by atoms with Crippen LogP contribution in [0.3, 0.4) is 0 Å². The zero-order valence-electron chi connectivity index (χ0n) is 15.4. The zero-order chi connectivity index (χ0) is 21.9. The third-order valence-corrected chi connectivity index (χ3v) is 4.70. The highest BCUT2D eigenvalue weighted by Gasteiger charge is 2.70. The van der Waals surface area contributed by atoms with Crippen LogP contribution in [0.15, 0.2) is 0 Å². The molecule has 0 radical (unpaired) electrons. The van der Waals surface area contributed by atoms with Crippen LogP contribution in [0.5, 0.6) is 0 Å². The van der Waals surface area contributed by atoms with Crippen molar-refractivity contribution in [2.45, 2.75) is 57.6 Å². The maximum Gasteiger partial charge on any atom is 0.401 e. The Kier molecular flexibility index (Phi) is 7.68. The van der Waals surface area contributed by atoms with E-state index in [2.05, 4.69) is 0 Å². The molecule has 1 aliphatic heterocycles. The number of hydrogen-bond donors (Lipinski definition) is 3. The molecule has 0 aromatic heterocycles. The molecular weight excluding hydrogens is 407 g/mol. The van der Waals surface area contributed by atoms with Gasteiger partial charge in [-0.25, -0.2) is 0 Å². The van der Waals surface area contributed by atoms with E-state index in [0.717, 1.165) is 27.7 Å². The topological polar surface area (TPSA) is 192 Å². The van der Waals surface area contributed by atoms with Crippen LogP contribution in [0.1, 0.15) is 27.7 Å². The van der Waals surface area contributed by atoms with Crippen molar-refractivity contribution in [3.05, 3.63) is 0 Å². The van der Waals surface area contributed by atoms with Crippen LogP contribution in [0.4, 0.5) is 0 Å².